The Kier molecular flexibility index (Phi) is 10.8. The molecule has 8 heteroatoms. The fourth-order valence-electron chi connectivity index (χ4n) is 0.833. The molecule has 0 aliphatic rings. The zero-order valence-corrected chi connectivity index (χ0v) is 11.5. The fourth-order valence-corrected chi connectivity index (χ4v) is 0.833. The Hall–Kier alpha value is -2.05. The van der Waals surface area contributed by atoms with Crippen molar-refractivity contribution in [3.8, 4) is 0 Å². The molecule has 3 aromatic rings. The second-order valence-corrected chi connectivity index (χ2v) is 4.19. The highest BCUT2D eigenvalue weighted by atomic mass is 31.2. The third kappa shape index (κ3) is 21.3. The molecule has 0 aromatic carbocycles. The molecule has 0 saturated heterocycles. The van der Waals surface area contributed by atoms with Crippen molar-refractivity contribution in [2.24, 2.45) is 0 Å². The van der Waals surface area contributed by atoms with E-state index in [9.17, 15) is 0 Å². The molecule has 3 aromatic heterocycles. The maximum Gasteiger partial charge on any atom is 0.466 e. The molecule has 3 rings (SSSR count). The molecule has 0 unspecified atom stereocenters. The molecule has 110 valence electrons. The Bertz CT molecular complexity index is 381. The third-order valence-electron chi connectivity index (χ3n) is 1.49. The van der Waals surface area contributed by atoms with Crippen molar-refractivity contribution in [3.05, 3.63) is 73.6 Å². The van der Waals surface area contributed by atoms with Crippen LogP contribution in [0, 0.1) is 0 Å². The van der Waals surface area contributed by atoms with Crippen molar-refractivity contribution < 1.29 is 19.2 Å². The van der Waals surface area contributed by atoms with Crippen LogP contribution < -0.4 is 0 Å². The quantitative estimate of drug-likeness (QED) is 0.356. The number of hydrogen-bond donors (Lipinski definition) is 6. The lowest BCUT2D eigenvalue weighted by molar-refractivity contribution is 0.275. The predicted octanol–water partition coefficient (Wildman–Crippen LogP) is 2.12. The molecule has 0 bridgehead atoms. The Morgan fingerprint density at radius 3 is 0.750 bits per heavy atom. The number of H-pyrrole nitrogens is 3. The van der Waals surface area contributed by atoms with Gasteiger partial charge in [-0.2, -0.15) is 0 Å². The number of aromatic nitrogens is 3. The number of hydrogen-bond acceptors (Lipinski definition) is 1. The van der Waals surface area contributed by atoms with Gasteiger partial charge in [-0.3, -0.25) is 0 Å². The summed E-state index contributed by atoms with van der Waals surface area (Å²) in [6, 6.07) is 11.7. The van der Waals surface area contributed by atoms with Gasteiger partial charge in [-0.1, -0.05) is 0 Å². The Morgan fingerprint density at radius 2 is 0.700 bits per heavy atom. The lowest BCUT2D eigenvalue weighted by Gasteiger charge is -1.82. The average molecular weight is 299 g/mol. The SMILES string of the molecule is O=P(O)(O)O.c1cc[nH]c1.c1cc[nH]c1.c1cc[nH]c1. The van der Waals surface area contributed by atoms with E-state index in [1.54, 1.807) is 0 Å². The van der Waals surface area contributed by atoms with Gasteiger partial charge in [-0.05, 0) is 36.4 Å². The van der Waals surface area contributed by atoms with Gasteiger partial charge < -0.3 is 29.6 Å². The Morgan fingerprint density at radius 1 is 0.550 bits per heavy atom. The molecule has 20 heavy (non-hydrogen) atoms. The zero-order chi connectivity index (χ0) is 15.1. The molecular formula is C12H18N3O4P. The van der Waals surface area contributed by atoms with E-state index in [4.69, 9.17) is 19.2 Å². The number of phosphoric acid groups is 1. The first kappa shape index (κ1) is 17.9. The van der Waals surface area contributed by atoms with Crippen LogP contribution in [0.15, 0.2) is 73.6 Å². The summed E-state index contributed by atoms with van der Waals surface area (Å²) in [5, 5.41) is 0. The maximum absolute atomic E-state index is 8.88. The minimum Gasteiger partial charge on any atom is -0.368 e. The summed E-state index contributed by atoms with van der Waals surface area (Å²) < 4.78 is 8.88. The first-order valence-electron chi connectivity index (χ1n) is 5.51. The summed E-state index contributed by atoms with van der Waals surface area (Å²) in [5.41, 5.74) is 0. The van der Waals surface area contributed by atoms with Crippen LogP contribution in [0.1, 0.15) is 0 Å². The molecule has 0 aliphatic carbocycles. The summed E-state index contributed by atoms with van der Waals surface area (Å²) in [5.74, 6) is 0. The largest absolute Gasteiger partial charge is 0.466 e. The highest BCUT2D eigenvalue weighted by Gasteiger charge is 2.00. The topological polar surface area (TPSA) is 125 Å². The standard InChI is InChI=1S/3C4H5N.H3O4P/c3*1-2-4-5-3-1;1-5(2,3)4/h3*1-5H;(H3,1,2,3,4). The van der Waals surface area contributed by atoms with Crippen molar-refractivity contribution >= 4 is 7.82 Å². The summed E-state index contributed by atoms with van der Waals surface area (Å²) in [6.45, 7) is 0. The van der Waals surface area contributed by atoms with Crippen LogP contribution in [0.4, 0.5) is 0 Å². The molecule has 0 fully saturated rings. The van der Waals surface area contributed by atoms with Crippen LogP contribution in [-0.2, 0) is 4.57 Å². The summed E-state index contributed by atoms with van der Waals surface area (Å²) in [7, 11) is -4.64. The summed E-state index contributed by atoms with van der Waals surface area (Å²) in [4.78, 5) is 30.1. The van der Waals surface area contributed by atoms with Gasteiger partial charge in [0.15, 0.2) is 0 Å². The second kappa shape index (κ2) is 12.0. The molecule has 0 spiro atoms. The van der Waals surface area contributed by atoms with Crippen LogP contribution in [0.2, 0.25) is 0 Å². The van der Waals surface area contributed by atoms with Gasteiger partial charge in [0, 0.05) is 37.2 Å². The van der Waals surface area contributed by atoms with Crippen LogP contribution in [0.3, 0.4) is 0 Å². The maximum atomic E-state index is 8.88. The van der Waals surface area contributed by atoms with Gasteiger partial charge in [0.2, 0.25) is 0 Å². The van der Waals surface area contributed by atoms with E-state index in [0.717, 1.165) is 0 Å². The molecule has 3 heterocycles. The highest BCUT2D eigenvalue weighted by Crippen LogP contribution is 2.25. The van der Waals surface area contributed by atoms with Crippen LogP contribution in [-0.4, -0.2) is 29.6 Å². The van der Waals surface area contributed by atoms with E-state index in [1.165, 1.54) is 0 Å². The molecule has 0 amide bonds. The first-order valence-corrected chi connectivity index (χ1v) is 7.08. The number of rotatable bonds is 0. The van der Waals surface area contributed by atoms with Crippen LogP contribution in [0.5, 0.6) is 0 Å². The molecule has 0 aliphatic heterocycles. The van der Waals surface area contributed by atoms with E-state index >= 15 is 0 Å². The minimum absolute atomic E-state index is 1.88. The normalized spacial score (nSPS) is 8.95. The van der Waals surface area contributed by atoms with Gasteiger partial charge in [-0.25, -0.2) is 4.57 Å². The minimum atomic E-state index is -4.64. The van der Waals surface area contributed by atoms with Crippen molar-refractivity contribution in [2.75, 3.05) is 0 Å². The average Bonchev–Trinajstić information content (AvgIpc) is 3.17. The van der Waals surface area contributed by atoms with Crippen molar-refractivity contribution in [1.29, 1.82) is 0 Å². The van der Waals surface area contributed by atoms with Gasteiger partial charge in [0.1, 0.15) is 0 Å². The van der Waals surface area contributed by atoms with Crippen molar-refractivity contribution in [2.45, 2.75) is 0 Å². The van der Waals surface area contributed by atoms with Crippen molar-refractivity contribution in [3.63, 3.8) is 0 Å². The zero-order valence-electron chi connectivity index (χ0n) is 10.6. The van der Waals surface area contributed by atoms with Gasteiger partial charge in [0.05, 0.1) is 0 Å². The van der Waals surface area contributed by atoms with Gasteiger partial charge in [0.25, 0.3) is 0 Å². The van der Waals surface area contributed by atoms with Gasteiger partial charge in [-0.15, -0.1) is 0 Å². The van der Waals surface area contributed by atoms with E-state index in [-0.39, 0.29) is 0 Å². The Balaban J connectivity index is 0.000000241. The van der Waals surface area contributed by atoms with E-state index in [2.05, 4.69) is 15.0 Å². The predicted molar refractivity (Wildman–Crippen MR) is 76.6 cm³/mol. The van der Waals surface area contributed by atoms with E-state index < -0.39 is 7.82 Å². The number of nitrogens with one attached hydrogen (secondary N) is 3. The monoisotopic (exact) mass is 299 g/mol. The molecule has 6 N–H and O–H groups in total. The van der Waals surface area contributed by atoms with E-state index in [1.807, 2.05) is 73.6 Å². The third-order valence-corrected chi connectivity index (χ3v) is 1.49. The number of aromatic amines is 3. The highest BCUT2D eigenvalue weighted by molar-refractivity contribution is 7.45. The van der Waals surface area contributed by atoms with Gasteiger partial charge >= 0.3 is 7.82 Å². The fraction of sp³-hybridized carbons (Fsp3) is 0. The lowest BCUT2D eigenvalue weighted by atomic mass is 10.7. The second-order valence-electron chi connectivity index (χ2n) is 3.17. The summed E-state index contributed by atoms with van der Waals surface area (Å²) in [6.07, 6.45) is 11.2. The molecule has 0 radical (unpaired) electrons. The van der Waals surface area contributed by atoms with Crippen LogP contribution in [0.25, 0.3) is 0 Å². The molecule has 7 nitrogen and oxygen atoms in total. The van der Waals surface area contributed by atoms with E-state index in [0.29, 0.717) is 0 Å². The summed E-state index contributed by atoms with van der Waals surface area (Å²) >= 11 is 0. The molecule has 0 atom stereocenters. The first-order chi connectivity index (χ1) is 9.50. The lowest BCUT2D eigenvalue weighted by Crippen LogP contribution is -1.66. The Labute approximate surface area is 116 Å². The molecule has 0 saturated carbocycles. The van der Waals surface area contributed by atoms with Crippen LogP contribution >= 0.6 is 7.82 Å². The molecular weight excluding hydrogens is 281 g/mol. The smallest absolute Gasteiger partial charge is 0.368 e. The van der Waals surface area contributed by atoms with Crippen molar-refractivity contribution in [1.82, 2.24) is 15.0 Å².